The number of carbonyl (C=O) groups excluding carboxylic acids is 2. The highest BCUT2D eigenvalue weighted by Crippen LogP contribution is 2.41. The number of carbonyl (C=O) groups is 2. The third-order valence-electron chi connectivity index (χ3n) is 8.81. The van der Waals surface area contributed by atoms with Crippen molar-refractivity contribution in [2.45, 2.75) is 71.1 Å². The molecular formula is C32H44N2O4. The number of hydrogen-bond acceptors (Lipinski definition) is 4. The fourth-order valence-electron chi connectivity index (χ4n) is 6.65. The standard InChI is InChI=1S/C32H44N2O4/c1-2-3-6-11-25-14-16-27(31(35)33-18-7-4-8-19-33)26(30(25)32(36)34-20-9-5-10-21-34)15-12-24-13-17-28-29(22-24)38-23-37-28/h12-17,22,25-27,30H,2-11,18-21,23H2,1H3/t25-,26+,27+,30+/m0/s1. The maximum absolute atomic E-state index is 14.2. The average molecular weight is 521 g/mol. The molecule has 3 heterocycles. The lowest BCUT2D eigenvalue weighted by atomic mass is 9.67. The van der Waals surface area contributed by atoms with Crippen molar-refractivity contribution in [1.82, 2.24) is 9.80 Å². The molecule has 1 aromatic carbocycles. The van der Waals surface area contributed by atoms with Crippen molar-refractivity contribution in [3.63, 3.8) is 0 Å². The van der Waals surface area contributed by atoms with Crippen molar-refractivity contribution < 1.29 is 19.1 Å². The molecule has 0 N–H and O–H groups in total. The zero-order chi connectivity index (χ0) is 26.3. The number of allylic oxidation sites excluding steroid dienone is 2. The van der Waals surface area contributed by atoms with Crippen LogP contribution < -0.4 is 9.47 Å². The van der Waals surface area contributed by atoms with Gasteiger partial charge in [0.15, 0.2) is 11.5 Å². The van der Waals surface area contributed by atoms with Gasteiger partial charge in [0.1, 0.15) is 0 Å². The van der Waals surface area contributed by atoms with Gasteiger partial charge in [-0.3, -0.25) is 9.59 Å². The van der Waals surface area contributed by atoms with E-state index in [-0.39, 0.29) is 42.3 Å². The number of rotatable bonds is 8. The van der Waals surface area contributed by atoms with Crippen LogP contribution in [0.25, 0.3) is 6.08 Å². The normalized spacial score (nSPS) is 27.2. The van der Waals surface area contributed by atoms with Crippen molar-refractivity contribution in [2.24, 2.45) is 23.7 Å². The molecule has 3 aliphatic heterocycles. The highest BCUT2D eigenvalue weighted by atomic mass is 16.7. The minimum atomic E-state index is -0.306. The van der Waals surface area contributed by atoms with E-state index < -0.39 is 0 Å². The topological polar surface area (TPSA) is 59.1 Å². The van der Waals surface area contributed by atoms with Gasteiger partial charge in [-0.25, -0.2) is 0 Å². The lowest BCUT2D eigenvalue weighted by molar-refractivity contribution is -0.143. The number of ether oxygens (including phenoxy) is 2. The zero-order valence-electron chi connectivity index (χ0n) is 23.0. The number of amides is 2. The van der Waals surface area contributed by atoms with Gasteiger partial charge in [0.25, 0.3) is 0 Å². The Morgan fingerprint density at radius 1 is 0.868 bits per heavy atom. The SMILES string of the molecule is CCCCC[C@H]1C=C[C@@H](C(=O)N2CCCCC2)[C@@H](C=Cc2ccc3c(c2)OCO3)[C@@H]1C(=O)N1CCCCC1. The average Bonchev–Trinajstić information content (AvgIpc) is 3.44. The van der Waals surface area contributed by atoms with Crippen LogP contribution in [0, 0.1) is 23.7 Å². The molecule has 1 aromatic rings. The third-order valence-corrected chi connectivity index (χ3v) is 8.81. The minimum Gasteiger partial charge on any atom is -0.454 e. The molecule has 0 spiro atoms. The van der Waals surface area contributed by atoms with Crippen molar-refractivity contribution in [3.8, 4) is 11.5 Å². The number of fused-ring (bicyclic) bond motifs is 1. The van der Waals surface area contributed by atoms with E-state index in [9.17, 15) is 9.59 Å². The number of unbranched alkanes of at least 4 members (excludes halogenated alkanes) is 2. The number of hydrogen-bond donors (Lipinski definition) is 0. The van der Waals surface area contributed by atoms with Gasteiger partial charge in [-0.05, 0) is 68.6 Å². The summed E-state index contributed by atoms with van der Waals surface area (Å²) >= 11 is 0. The first-order valence-electron chi connectivity index (χ1n) is 15.0. The van der Waals surface area contributed by atoms with Crippen LogP contribution in [0.15, 0.2) is 36.4 Å². The molecule has 4 atom stereocenters. The van der Waals surface area contributed by atoms with Gasteiger partial charge in [0.2, 0.25) is 18.6 Å². The molecule has 206 valence electrons. The molecule has 0 bridgehead atoms. The zero-order valence-corrected chi connectivity index (χ0v) is 23.0. The lowest BCUT2D eigenvalue weighted by Crippen LogP contribution is -2.50. The highest BCUT2D eigenvalue weighted by molar-refractivity contribution is 5.86. The van der Waals surface area contributed by atoms with E-state index in [1.54, 1.807) is 0 Å². The molecule has 5 rings (SSSR count). The van der Waals surface area contributed by atoms with Gasteiger partial charge >= 0.3 is 0 Å². The predicted molar refractivity (Wildman–Crippen MR) is 150 cm³/mol. The Kier molecular flexibility index (Phi) is 9.08. The van der Waals surface area contributed by atoms with E-state index in [0.717, 1.165) is 88.2 Å². The van der Waals surface area contributed by atoms with Crippen LogP contribution in [-0.2, 0) is 9.59 Å². The summed E-state index contributed by atoms with van der Waals surface area (Å²) in [5, 5.41) is 0. The van der Waals surface area contributed by atoms with E-state index in [2.05, 4.69) is 36.1 Å². The summed E-state index contributed by atoms with van der Waals surface area (Å²) in [5.41, 5.74) is 1.000. The summed E-state index contributed by atoms with van der Waals surface area (Å²) in [6, 6.07) is 5.94. The maximum Gasteiger partial charge on any atom is 0.231 e. The van der Waals surface area contributed by atoms with Crippen LogP contribution in [0.2, 0.25) is 0 Å². The molecule has 6 nitrogen and oxygen atoms in total. The van der Waals surface area contributed by atoms with E-state index in [1.165, 1.54) is 19.3 Å². The fourth-order valence-corrected chi connectivity index (χ4v) is 6.65. The first-order chi connectivity index (χ1) is 18.7. The quantitative estimate of drug-likeness (QED) is 0.308. The summed E-state index contributed by atoms with van der Waals surface area (Å²) in [7, 11) is 0. The van der Waals surface area contributed by atoms with Crippen LogP contribution in [-0.4, -0.2) is 54.6 Å². The molecule has 38 heavy (non-hydrogen) atoms. The molecular weight excluding hydrogens is 476 g/mol. The molecule has 2 fully saturated rings. The molecule has 2 amide bonds. The molecule has 0 saturated carbocycles. The Labute approximate surface area is 228 Å². The third kappa shape index (κ3) is 6.10. The van der Waals surface area contributed by atoms with Crippen molar-refractivity contribution in [2.75, 3.05) is 33.0 Å². The first kappa shape index (κ1) is 26.8. The number of likely N-dealkylation sites (tertiary alicyclic amines) is 2. The molecule has 1 aliphatic carbocycles. The van der Waals surface area contributed by atoms with Crippen LogP contribution in [0.5, 0.6) is 11.5 Å². The summed E-state index contributed by atoms with van der Waals surface area (Å²) in [4.78, 5) is 32.3. The molecule has 0 unspecified atom stereocenters. The van der Waals surface area contributed by atoms with Gasteiger partial charge in [-0.15, -0.1) is 0 Å². The fraction of sp³-hybridized carbons (Fsp3) is 0.625. The smallest absolute Gasteiger partial charge is 0.231 e. The Hall–Kier alpha value is -2.76. The highest BCUT2D eigenvalue weighted by Gasteiger charge is 2.44. The van der Waals surface area contributed by atoms with Gasteiger partial charge in [0.05, 0.1) is 11.8 Å². The molecule has 0 radical (unpaired) electrons. The summed E-state index contributed by atoms with van der Waals surface area (Å²) in [5.74, 6) is 1.41. The van der Waals surface area contributed by atoms with Crippen LogP contribution in [0.4, 0.5) is 0 Å². The minimum absolute atomic E-state index is 0.160. The Morgan fingerprint density at radius 2 is 1.55 bits per heavy atom. The van der Waals surface area contributed by atoms with Crippen LogP contribution >= 0.6 is 0 Å². The second-order valence-electron chi connectivity index (χ2n) is 11.4. The predicted octanol–water partition coefficient (Wildman–Crippen LogP) is 6.07. The summed E-state index contributed by atoms with van der Waals surface area (Å²) in [6.45, 7) is 5.79. The van der Waals surface area contributed by atoms with Crippen LogP contribution in [0.1, 0.15) is 76.7 Å². The van der Waals surface area contributed by atoms with Crippen molar-refractivity contribution in [1.29, 1.82) is 0 Å². The summed E-state index contributed by atoms with van der Waals surface area (Å²) in [6.07, 6.45) is 19.7. The lowest BCUT2D eigenvalue weighted by Gasteiger charge is -2.42. The van der Waals surface area contributed by atoms with Crippen LogP contribution in [0.3, 0.4) is 0 Å². The Bertz CT molecular complexity index is 1020. The summed E-state index contributed by atoms with van der Waals surface area (Å²) < 4.78 is 11.1. The van der Waals surface area contributed by atoms with E-state index in [0.29, 0.717) is 0 Å². The second kappa shape index (κ2) is 12.9. The van der Waals surface area contributed by atoms with E-state index in [4.69, 9.17) is 9.47 Å². The molecule has 4 aliphatic rings. The van der Waals surface area contributed by atoms with Gasteiger partial charge in [-0.2, -0.15) is 0 Å². The number of nitrogens with zero attached hydrogens (tertiary/aromatic N) is 2. The van der Waals surface area contributed by atoms with E-state index in [1.807, 2.05) is 23.1 Å². The Morgan fingerprint density at radius 3 is 2.26 bits per heavy atom. The first-order valence-corrected chi connectivity index (χ1v) is 15.0. The number of piperidine rings is 2. The van der Waals surface area contributed by atoms with Crippen molar-refractivity contribution in [3.05, 3.63) is 42.0 Å². The largest absolute Gasteiger partial charge is 0.454 e. The monoisotopic (exact) mass is 520 g/mol. The van der Waals surface area contributed by atoms with Gasteiger partial charge in [-0.1, -0.05) is 56.6 Å². The van der Waals surface area contributed by atoms with E-state index >= 15 is 0 Å². The Balaban J connectivity index is 1.48. The number of benzene rings is 1. The molecule has 0 aromatic heterocycles. The second-order valence-corrected chi connectivity index (χ2v) is 11.4. The van der Waals surface area contributed by atoms with Gasteiger partial charge < -0.3 is 19.3 Å². The molecule has 6 heteroatoms. The van der Waals surface area contributed by atoms with Crippen molar-refractivity contribution >= 4 is 17.9 Å². The maximum atomic E-state index is 14.2. The van der Waals surface area contributed by atoms with Gasteiger partial charge in [0, 0.05) is 32.1 Å². The molecule has 2 saturated heterocycles.